The molecule has 2 aromatic heterocycles. The number of nitrogens with one attached hydrogen (secondary N) is 1. The van der Waals surface area contributed by atoms with Gasteiger partial charge in [0.05, 0.1) is 11.6 Å². The Bertz CT molecular complexity index is 1000. The number of nitrogen functional groups attached to an aromatic ring is 1. The molecule has 0 saturated carbocycles. The first kappa shape index (κ1) is 20.8. The fourth-order valence-corrected chi connectivity index (χ4v) is 5.14. The normalized spacial score (nSPS) is 25.2. The van der Waals surface area contributed by atoms with Crippen LogP contribution in [0.15, 0.2) is 29.3 Å². The first-order chi connectivity index (χ1) is 14.1. The number of hydrogen-bond donors (Lipinski definition) is 2. The summed E-state index contributed by atoms with van der Waals surface area (Å²) in [5.74, 6) is 1.24. The van der Waals surface area contributed by atoms with Gasteiger partial charge >= 0.3 is 0 Å². The Hall–Kier alpha value is -2.45. The lowest BCUT2D eigenvalue weighted by atomic mass is 9.82. The second kappa shape index (κ2) is 8.35. The Kier molecular flexibility index (Phi) is 5.79. The van der Waals surface area contributed by atoms with Crippen LogP contribution in [0, 0.1) is 11.8 Å². The van der Waals surface area contributed by atoms with Crippen molar-refractivity contribution in [2.24, 2.45) is 11.8 Å². The lowest BCUT2D eigenvalue weighted by molar-refractivity contribution is -0.138. The molecule has 8 nitrogen and oxygen atoms in total. The summed E-state index contributed by atoms with van der Waals surface area (Å²) in [6.45, 7) is 3.88. The van der Waals surface area contributed by atoms with E-state index in [9.17, 15) is 9.59 Å². The van der Waals surface area contributed by atoms with E-state index in [4.69, 9.17) is 5.73 Å². The highest BCUT2D eigenvalue weighted by atomic mass is 35.5. The highest BCUT2D eigenvalue weighted by Gasteiger charge is 2.38. The van der Waals surface area contributed by atoms with Crippen molar-refractivity contribution >= 4 is 24.1 Å². The second-order valence-corrected chi connectivity index (χ2v) is 8.53. The Balaban J connectivity index is 0.00000218. The van der Waals surface area contributed by atoms with E-state index in [2.05, 4.69) is 15.3 Å². The van der Waals surface area contributed by atoms with Gasteiger partial charge in [-0.3, -0.25) is 9.59 Å². The Morgan fingerprint density at radius 3 is 2.80 bits per heavy atom. The van der Waals surface area contributed by atoms with Gasteiger partial charge in [-0.15, -0.1) is 12.4 Å². The van der Waals surface area contributed by atoms with Gasteiger partial charge in [0.1, 0.15) is 12.1 Å². The van der Waals surface area contributed by atoms with Crippen LogP contribution in [0.25, 0.3) is 11.3 Å². The Morgan fingerprint density at radius 2 is 2.03 bits per heavy atom. The number of anilines is 1. The largest absolute Gasteiger partial charge is 0.384 e. The molecule has 30 heavy (non-hydrogen) atoms. The minimum absolute atomic E-state index is 0. The van der Waals surface area contributed by atoms with Gasteiger partial charge in [0, 0.05) is 55.5 Å². The van der Waals surface area contributed by atoms with Crippen LogP contribution in [0.3, 0.4) is 0 Å². The molecule has 0 radical (unpaired) electrons. The Labute approximate surface area is 181 Å². The van der Waals surface area contributed by atoms with Gasteiger partial charge in [-0.25, -0.2) is 9.97 Å². The van der Waals surface area contributed by atoms with E-state index in [1.165, 1.54) is 6.33 Å². The first-order valence-corrected chi connectivity index (χ1v) is 10.4. The zero-order valence-electron chi connectivity index (χ0n) is 16.8. The number of nitrogens with zero attached hydrogens (tertiary/aromatic N) is 4. The summed E-state index contributed by atoms with van der Waals surface area (Å²) in [7, 11) is 0. The molecular formula is C21H27ClN6O2. The smallest absolute Gasteiger partial charge is 0.251 e. The predicted octanol–water partition coefficient (Wildman–Crippen LogP) is 1.25. The summed E-state index contributed by atoms with van der Waals surface area (Å²) in [5.41, 5.74) is 8.19. The molecule has 3 aliphatic rings. The molecule has 0 unspecified atom stereocenters. The van der Waals surface area contributed by atoms with E-state index in [0.29, 0.717) is 30.5 Å². The van der Waals surface area contributed by atoms with E-state index in [1.807, 2.05) is 15.5 Å². The molecule has 3 aliphatic heterocycles. The van der Waals surface area contributed by atoms with Crippen LogP contribution in [0.5, 0.6) is 0 Å². The number of carbonyl (C=O) groups excluding carboxylic acids is 1. The molecule has 2 aromatic rings. The number of halogens is 1. The van der Waals surface area contributed by atoms with Crippen molar-refractivity contribution < 1.29 is 4.79 Å². The fraction of sp³-hybridized carbons (Fsp3) is 0.524. The lowest BCUT2D eigenvalue weighted by Crippen LogP contribution is -2.52. The minimum Gasteiger partial charge on any atom is -0.384 e. The predicted molar refractivity (Wildman–Crippen MR) is 116 cm³/mol. The van der Waals surface area contributed by atoms with Gasteiger partial charge < -0.3 is 20.5 Å². The third-order valence-electron chi connectivity index (χ3n) is 6.50. The van der Waals surface area contributed by atoms with Crippen molar-refractivity contribution in [2.45, 2.75) is 31.7 Å². The van der Waals surface area contributed by atoms with E-state index in [1.54, 1.807) is 12.1 Å². The van der Waals surface area contributed by atoms with Crippen LogP contribution in [0.1, 0.15) is 30.9 Å². The molecule has 2 saturated heterocycles. The molecule has 0 spiro atoms. The quantitative estimate of drug-likeness (QED) is 0.742. The van der Waals surface area contributed by atoms with Crippen molar-refractivity contribution in [3.63, 3.8) is 0 Å². The van der Waals surface area contributed by atoms with Gasteiger partial charge in [0.2, 0.25) is 5.91 Å². The molecule has 5 heterocycles. The Morgan fingerprint density at radius 1 is 1.17 bits per heavy atom. The summed E-state index contributed by atoms with van der Waals surface area (Å²) in [6, 6.07) is 5.35. The van der Waals surface area contributed by atoms with E-state index in [-0.39, 0.29) is 35.7 Å². The number of likely N-dealkylation sites (tertiary alicyclic amines) is 1. The number of aromatic nitrogens is 3. The van der Waals surface area contributed by atoms with Gasteiger partial charge in [0.25, 0.3) is 5.56 Å². The first-order valence-electron chi connectivity index (χ1n) is 10.4. The van der Waals surface area contributed by atoms with E-state index in [0.717, 1.165) is 50.2 Å². The fourth-order valence-electron chi connectivity index (χ4n) is 5.14. The van der Waals surface area contributed by atoms with Crippen LogP contribution >= 0.6 is 12.4 Å². The standard InChI is InChI=1S/C21H26N6O2.ClH/c22-19-7-17(24-12-25-19)15-5-18-16-4-13(10-27(18)20(28)6-15)9-26(11-16)21(29)14-2-1-3-23-8-14;/h5-7,12-14,16,23H,1-4,8-11H2,(H2,22,24,25);1H/t13-,14-,16+;/m0./s1. The average Bonchev–Trinajstić information content (AvgIpc) is 2.74. The highest BCUT2D eigenvalue weighted by molar-refractivity contribution is 5.85. The number of rotatable bonds is 2. The molecule has 1 amide bonds. The number of pyridine rings is 1. The number of nitrogens with two attached hydrogens (primary N) is 1. The van der Waals surface area contributed by atoms with Gasteiger partial charge in [-0.2, -0.15) is 0 Å². The maximum absolute atomic E-state index is 13.1. The van der Waals surface area contributed by atoms with Crippen molar-refractivity contribution in [1.29, 1.82) is 0 Å². The summed E-state index contributed by atoms with van der Waals surface area (Å²) < 4.78 is 1.89. The third kappa shape index (κ3) is 3.81. The third-order valence-corrected chi connectivity index (χ3v) is 6.50. The number of carbonyl (C=O) groups is 1. The zero-order valence-corrected chi connectivity index (χ0v) is 17.6. The molecule has 0 aliphatic carbocycles. The second-order valence-electron chi connectivity index (χ2n) is 8.53. The van der Waals surface area contributed by atoms with Crippen molar-refractivity contribution in [3.05, 3.63) is 40.6 Å². The monoisotopic (exact) mass is 430 g/mol. The number of fused-ring (bicyclic) bond motifs is 4. The number of amides is 1. The van der Waals surface area contributed by atoms with Crippen molar-refractivity contribution in [1.82, 2.24) is 24.8 Å². The zero-order chi connectivity index (χ0) is 20.0. The number of hydrogen-bond acceptors (Lipinski definition) is 6. The van der Waals surface area contributed by atoms with E-state index < -0.39 is 0 Å². The molecule has 9 heteroatoms. The molecule has 5 rings (SSSR count). The lowest BCUT2D eigenvalue weighted by Gasteiger charge is -2.44. The van der Waals surface area contributed by atoms with Crippen molar-refractivity contribution in [2.75, 3.05) is 31.9 Å². The molecule has 2 fully saturated rings. The highest BCUT2D eigenvalue weighted by Crippen LogP contribution is 2.37. The van der Waals surface area contributed by atoms with Gasteiger partial charge in [0.15, 0.2) is 0 Å². The summed E-state index contributed by atoms with van der Waals surface area (Å²) >= 11 is 0. The van der Waals surface area contributed by atoms with Gasteiger partial charge in [-0.05, 0) is 37.8 Å². The maximum Gasteiger partial charge on any atom is 0.251 e. The summed E-state index contributed by atoms with van der Waals surface area (Å²) in [5, 5.41) is 3.34. The molecular weight excluding hydrogens is 404 g/mol. The SMILES string of the molecule is Cl.Nc1cc(-c2cc3n(c(=O)c2)C[C@H]2C[C@@H]3CN(C(=O)[C@H]3CCCNC3)C2)ncn1. The summed E-state index contributed by atoms with van der Waals surface area (Å²) in [6.07, 6.45) is 4.45. The topological polar surface area (TPSA) is 106 Å². The molecule has 3 N–H and O–H groups in total. The van der Waals surface area contributed by atoms with Crippen molar-refractivity contribution in [3.8, 4) is 11.3 Å². The maximum atomic E-state index is 13.1. The van der Waals surface area contributed by atoms with Crippen LogP contribution < -0.4 is 16.6 Å². The molecule has 3 atom stereocenters. The van der Waals surface area contributed by atoms with Gasteiger partial charge in [-0.1, -0.05) is 0 Å². The molecule has 160 valence electrons. The summed E-state index contributed by atoms with van der Waals surface area (Å²) in [4.78, 5) is 36.2. The van der Waals surface area contributed by atoms with Crippen LogP contribution in [-0.2, 0) is 11.3 Å². The molecule has 0 aromatic carbocycles. The minimum atomic E-state index is -0.0133. The molecule has 2 bridgehead atoms. The van der Waals surface area contributed by atoms with E-state index >= 15 is 0 Å². The van der Waals surface area contributed by atoms with Crippen LogP contribution in [0.2, 0.25) is 0 Å². The number of piperidine rings is 2. The average molecular weight is 431 g/mol. The van der Waals surface area contributed by atoms with Crippen LogP contribution in [-0.4, -0.2) is 51.5 Å². The van der Waals surface area contributed by atoms with Crippen LogP contribution in [0.4, 0.5) is 5.82 Å².